The third kappa shape index (κ3) is 3.24. The van der Waals surface area contributed by atoms with E-state index in [1.54, 1.807) is 7.11 Å². The monoisotopic (exact) mass is 264 g/mol. The van der Waals surface area contributed by atoms with Crippen LogP contribution in [0, 0.1) is 6.92 Å². The smallest absolute Gasteiger partial charge is 0.156 e. The molecule has 6 heteroatoms. The fourth-order valence-corrected chi connectivity index (χ4v) is 2.27. The Bertz CT molecular complexity index is 501. The summed E-state index contributed by atoms with van der Waals surface area (Å²) in [5.74, 6) is 1.62. The van der Waals surface area contributed by atoms with Gasteiger partial charge in [-0.15, -0.1) is 0 Å². The van der Waals surface area contributed by atoms with Crippen LogP contribution in [-0.4, -0.2) is 28.5 Å². The Hall–Kier alpha value is -1.53. The maximum Gasteiger partial charge on any atom is 0.156 e. The highest BCUT2D eigenvalue weighted by molar-refractivity contribution is 7.05. The minimum Gasteiger partial charge on any atom is -0.377 e. The Morgan fingerprint density at radius 2 is 2.22 bits per heavy atom. The molecule has 0 amide bonds. The zero-order valence-electron chi connectivity index (χ0n) is 10.8. The Morgan fingerprint density at radius 1 is 1.39 bits per heavy atom. The third-order valence-corrected chi connectivity index (χ3v) is 3.16. The molecule has 0 unspecified atom stereocenters. The molecule has 0 atom stereocenters. The van der Waals surface area contributed by atoms with Gasteiger partial charge in [-0.1, -0.05) is 0 Å². The fourth-order valence-electron chi connectivity index (χ4n) is 1.64. The van der Waals surface area contributed by atoms with Crippen LogP contribution < -0.4 is 4.90 Å². The lowest BCUT2D eigenvalue weighted by Gasteiger charge is -2.18. The van der Waals surface area contributed by atoms with Gasteiger partial charge in [-0.3, -0.25) is 0 Å². The number of ether oxygens (including phenoxy) is 1. The van der Waals surface area contributed by atoms with Gasteiger partial charge in [0.05, 0.1) is 6.54 Å². The van der Waals surface area contributed by atoms with Gasteiger partial charge >= 0.3 is 0 Å². The quantitative estimate of drug-likeness (QED) is 0.827. The Balaban J connectivity index is 2.16. The van der Waals surface area contributed by atoms with E-state index < -0.39 is 0 Å². The molecule has 2 aromatic heterocycles. The van der Waals surface area contributed by atoms with Crippen molar-refractivity contribution in [1.82, 2.24) is 14.3 Å². The number of methoxy groups -OCH3 is 1. The molecule has 0 N–H and O–H groups in total. The Kier molecular flexibility index (Phi) is 4.22. The number of aryl methyl sites for hydroxylation is 1. The average Bonchev–Trinajstić information content (AvgIpc) is 2.81. The molecule has 0 fully saturated rings. The van der Waals surface area contributed by atoms with E-state index in [1.165, 1.54) is 16.4 Å². The summed E-state index contributed by atoms with van der Waals surface area (Å²) in [6.07, 6.45) is 1.81. The lowest BCUT2D eigenvalue weighted by Crippen LogP contribution is -2.18. The Labute approximate surface area is 111 Å². The minimum atomic E-state index is 0.434. The van der Waals surface area contributed by atoms with E-state index in [4.69, 9.17) is 4.74 Å². The minimum absolute atomic E-state index is 0.434. The normalized spacial score (nSPS) is 10.6. The highest BCUT2D eigenvalue weighted by Gasteiger charge is 2.08. The highest BCUT2D eigenvalue weighted by Crippen LogP contribution is 2.16. The second kappa shape index (κ2) is 5.88. The van der Waals surface area contributed by atoms with E-state index >= 15 is 0 Å². The van der Waals surface area contributed by atoms with Crippen molar-refractivity contribution in [1.29, 1.82) is 0 Å². The van der Waals surface area contributed by atoms with Crippen LogP contribution >= 0.6 is 11.5 Å². The first-order valence-corrected chi connectivity index (χ1v) is 6.40. The van der Waals surface area contributed by atoms with Gasteiger partial charge in [-0.25, -0.2) is 14.3 Å². The first-order valence-electron chi connectivity index (χ1n) is 5.63. The van der Waals surface area contributed by atoms with Gasteiger partial charge in [-0.2, -0.15) is 0 Å². The molecule has 2 aromatic rings. The van der Waals surface area contributed by atoms with Crippen molar-refractivity contribution in [2.45, 2.75) is 20.1 Å². The van der Waals surface area contributed by atoms with E-state index in [-0.39, 0.29) is 0 Å². The molecule has 0 spiro atoms. The molecule has 0 saturated carbocycles. The van der Waals surface area contributed by atoms with E-state index in [2.05, 4.69) is 19.2 Å². The van der Waals surface area contributed by atoms with Crippen LogP contribution in [0.4, 0.5) is 5.82 Å². The number of rotatable bonds is 5. The average molecular weight is 264 g/mol. The van der Waals surface area contributed by atoms with Crippen molar-refractivity contribution < 1.29 is 4.74 Å². The highest BCUT2D eigenvalue weighted by atomic mass is 32.1. The van der Waals surface area contributed by atoms with Crippen molar-refractivity contribution in [3.63, 3.8) is 0 Å². The van der Waals surface area contributed by atoms with Crippen LogP contribution in [0.3, 0.4) is 0 Å². The summed E-state index contributed by atoms with van der Waals surface area (Å²) in [6.45, 7) is 3.20. The zero-order valence-corrected chi connectivity index (χ0v) is 11.6. The van der Waals surface area contributed by atoms with Crippen molar-refractivity contribution in [2.75, 3.05) is 19.1 Å². The third-order valence-electron chi connectivity index (χ3n) is 2.44. The fraction of sp³-hybridized carbons (Fsp3) is 0.417. The molecular weight excluding hydrogens is 248 g/mol. The van der Waals surface area contributed by atoms with Crippen LogP contribution in [0.25, 0.3) is 0 Å². The summed E-state index contributed by atoms with van der Waals surface area (Å²) in [5.41, 5.74) is 0.947. The molecule has 18 heavy (non-hydrogen) atoms. The largest absolute Gasteiger partial charge is 0.377 e. The molecule has 2 rings (SSSR count). The molecule has 2 heterocycles. The van der Waals surface area contributed by atoms with Crippen LogP contribution in [0.1, 0.15) is 16.4 Å². The van der Waals surface area contributed by atoms with Gasteiger partial charge in [0.25, 0.3) is 0 Å². The van der Waals surface area contributed by atoms with Crippen LogP contribution in [0.15, 0.2) is 18.3 Å². The standard InChI is InChI=1S/C12H16N4OS/c1-9-6-12(15-11(14-9)8-17-3)16(2)7-10-4-5-13-18-10/h4-6H,7-8H2,1-3H3. The summed E-state index contributed by atoms with van der Waals surface area (Å²) in [5, 5.41) is 0. The lowest BCUT2D eigenvalue weighted by atomic mass is 10.3. The Morgan fingerprint density at radius 3 is 2.89 bits per heavy atom. The van der Waals surface area contributed by atoms with Crippen LogP contribution in [-0.2, 0) is 17.9 Å². The molecule has 0 radical (unpaired) electrons. The number of nitrogens with zero attached hydrogens (tertiary/aromatic N) is 4. The maximum atomic E-state index is 5.07. The predicted molar refractivity (Wildman–Crippen MR) is 71.7 cm³/mol. The molecule has 0 aromatic carbocycles. The first-order chi connectivity index (χ1) is 8.69. The second-order valence-electron chi connectivity index (χ2n) is 4.05. The number of aromatic nitrogens is 3. The molecule has 5 nitrogen and oxygen atoms in total. The summed E-state index contributed by atoms with van der Waals surface area (Å²) in [7, 11) is 3.66. The van der Waals surface area contributed by atoms with Crippen molar-refractivity contribution in [2.24, 2.45) is 0 Å². The van der Waals surface area contributed by atoms with Crippen molar-refractivity contribution in [3.8, 4) is 0 Å². The van der Waals surface area contributed by atoms with Gasteiger partial charge in [0, 0.05) is 37.0 Å². The first kappa shape index (κ1) is 12.9. The molecular formula is C12H16N4OS. The van der Waals surface area contributed by atoms with Crippen LogP contribution in [0.2, 0.25) is 0 Å². The van der Waals surface area contributed by atoms with E-state index in [0.717, 1.165) is 18.1 Å². The maximum absolute atomic E-state index is 5.07. The van der Waals surface area contributed by atoms with Gasteiger partial charge in [0.15, 0.2) is 5.82 Å². The molecule has 0 aliphatic heterocycles. The summed E-state index contributed by atoms with van der Waals surface area (Å²) in [6, 6.07) is 3.99. The van der Waals surface area contributed by atoms with Gasteiger partial charge in [-0.05, 0) is 24.5 Å². The van der Waals surface area contributed by atoms with E-state index in [9.17, 15) is 0 Å². The molecule has 0 aliphatic carbocycles. The number of anilines is 1. The lowest BCUT2D eigenvalue weighted by molar-refractivity contribution is 0.177. The van der Waals surface area contributed by atoms with Gasteiger partial charge in [0.2, 0.25) is 0 Å². The number of hydrogen-bond acceptors (Lipinski definition) is 6. The van der Waals surface area contributed by atoms with Gasteiger partial charge in [0.1, 0.15) is 12.4 Å². The summed E-state index contributed by atoms with van der Waals surface area (Å²) in [4.78, 5) is 12.1. The molecule has 96 valence electrons. The summed E-state index contributed by atoms with van der Waals surface area (Å²) < 4.78 is 9.17. The zero-order chi connectivity index (χ0) is 13.0. The second-order valence-corrected chi connectivity index (χ2v) is 4.97. The molecule has 0 saturated heterocycles. The van der Waals surface area contributed by atoms with Crippen molar-refractivity contribution in [3.05, 3.63) is 34.7 Å². The molecule has 0 aliphatic rings. The van der Waals surface area contributed by atoms with E-state index in [1.807, 2.05) is 32.3 Å². The summed E-state index contributed by atoms with van der Waals surface area (Å²) >= 11 is 1.50. The van der Waals surface area contributed by atoms with E-state index in [0.29, 0.717) is 12.4 Å². The predicted octanol–water partition coefficient (Wildman–Crippen LogP) is 2.02. The molecule has 0 bridgehead atoms. The van der Waals surface area contributed by atoms with Crippen molar-refractivity contribution >= 4 is 17.4 Å². The number of hydrogen-bond donors (Lipinski definition) is 0. The van der Waals surface area contributed by atoms with Gasteiger partial charge < -0.3 is 9.64 Å². The topological polar surface area (TPSA) is 51.1 Å². The SMILES string of the molecule is COCc1nc(C)cc(N(C)Cc2ccns2)n1. The van der Waals surface area contributed by atoms with Crippen LogP contribution in [0.5, 0.6) is 0 Å².